The zero-order valence-electron chi connectivity index (χ0n) is 12.5. The highest BCUT2D eigenvalue weighted by molar-refractivity contribution is 5.98. The van der Waals surface area contributed by atoms with Crippen LogP contribution in [0.15, 0.2) is 36.4 Å². The lowest BCUT2D eigenvalue weighted by Gasteiger charge is -2.35. The van der Waals surface area contributed by atoms with Gasteiger partial charge in [-0.25, -0.2) is 4.79 Å². The standard InChI is InChI=1S/C17H19NO4/c1-21-17(20)15-11-18(13-9-5-6-10-14(13)22-15)16(19)12-7-3-2-4-8-12/h2-3,5-6,9-10,12,15H,4,7-8,11H2,1H3/t12-,15+/m1/s1. The predicted octanol–water partition coefficient (Wildman–Crippen LogP) is 2.31. The molecule has 22 heavy (non-hydrogen) atoms. The first kappa shape index (κ1) is 14.6. The molecule has 1 amide bonds. The highest BCUT2D eigenvalue weighted by Gasteiger charge is 2.36. The second-order valence-corrected chi connectivity index (χ2v) is 5.53. The third-order valence-corrected chi connectivity index (χ3v) is 4.12. The molecule has 0 saturated heterocycles. The Hall–Kier alpha value is -2.30. The van der Waals surface area contributed by atoms with E-state index in [9.17, 15) is 9.59 Å². The molecule has 3 rings (SSSR count). The number of para-hydroxylation sites is 2. The largest absolute Gasteiger partial charge is 0.475 e. The number of carbonyl (C=O) groups is 2. The Morgan fingerprint density at radius 2 is 2.09 bits per heavy atom. The van der Waals surface area contributed by atoms with E-state index in [1.54, 1.807) is 11.0 Å². The van der Waals surface area contributed by atoms with Gasteiger partial charge in [0.05, 0.1) is 19.3 Å². The van der Waals surface area contributed by atoms with E-state index in [4.69, 9.17) is 9.47 Å². The van der Waals surface area contributed by atoms with Gasteiger partial charge in [0.15, 0.2) is 0 Å². The number of hydrogen-bond acceptors (Lipinski definition) is 4. The molecule has 1 heterocycles. The second kappa shape index (κ2) is 6.22. The van der Waals surface area contributed by atoms with Crippen LogP contribution >= 0.6 is 0 Å². The molecule has 0 spiro atoms. The van der Waals surface area contributed by atoms with Gasteiger partial charge in [-0.2, -0.15) is 0 Å². The van der Waals surface area contributed by atoms with Crippen LogP contribution in [0, 0.1) is 5.92 Å². The van der Waals surface area contributed by atoms with E-state index in [1.165, 1.54) is 7.11 Å². The van der Waals surface area contributed by atoms with Gasteiger partial charge < -0.3 is 14.4 Å². The van der Waals surface area contributed by atoms with Gasteiger partial charge in [-0.3, -0.25) is 4.79 Å². The van der Waals surface area contributed by atoms with Crippen molar-refractivity contribution >= 4 is 17.6 Å². The minimum atomic E-state index is -0.775. The normalized spacial score (nSPS) is 23.4. The van der Waals surface area contributed by atoms with Gasteiger partial charge in [0, 0.05) is 5.92 Å². The molecule has 5 heteroatoms. The van der Waals surface area contributed by atoms with Gasteiger partial charge in [0.1, 0.15) is 5.75 Å². The lowest BCUT2D eigenvalue weighted by atomic mass is 9.92. The van der Waals surface area contributed by atoms with Gasteiger partial charge in [-0.05, 0) is 31.4 Å². The van der Waals surface area contributed by atoms with Crippen molar-refractivity contribution in [2.24, 2.45) is 5.92 Å². The number of allylic oxidation sites excluding steroid dienone is 2. The lowest BCUT2D eigenvalue weighted by molar-refractivity contribution is -0.148. The number of carbonyl (C=O) groups excluding carboxylic acids is 2. The van der Waals surface area contributed by atoms with Crippen LogP contribution in [0.25, 0.3) is 0 Å². The molecule has 116 valence electrons. The van der Waals surface area contributed by atoms with Crippen molar-refractivity contribution in [2.75, 3.05) is 18.6 Å². The van der Waals surface area contributed by atoms with Crippen molar-refractivity contribution in [1.29, 1.82) is 0 Å². The third kappa shape index (κ3) is 2.71. The number of nitrogens with zero attached hydrogens (tertiary/aromatic N) is 1. The summed E-state index contributed by atoms with van der Waals surface area (Å²) in [5, 5.41) is 0. The number of fused-ring (bicyclic) bond motifs is 1. The maximum atomic E-state index is 12.9. The lowest BCUT2D eigenvalue weighted by Crippen LogP contribution is -2.49. The zero-order valence-corrected chi connectivity index (χ0v) is 12.5. The van der Waals surface area contributed by atoms with Crippen LogP contribution < -0.4 is 9.64 Å². The van der Waals surface area contributed by atoms with Crippen LogP contribution in [0.5, 0.6) is 5.75 Å². The Balaban J connectivity index is 1.89. The molecule has 0 saturated carbocycles. The number of benzene rings is 1. The summed E-state index contributed by atoms with van der Waals surface area (Å²) in [4.78, 5) is 26.4. The minimum Gasteiger partial charge on any atom is -0.475 e. The highest BCUT2D eigenvalue weighted by atomic mass is 16.6. The average molecular weight is 301 g/mol. The Bertz CT molecular complexity index is 610. The second-order valence-electron chi connectivity index (χ2n) is 5.53. The fraction of sp³-hybridized carbons (Fsp3) is 0.412. The first-order valence-electron chi connectivity index (χ1n) is 7.50. The molecule has 0 unspecified atom stereocenters. The topological polar surface area (TPSA) is 55.8 Å². The number of methoxy groups -OCH3 is 1. The van der Waals surface area contributed by atoms with Crippen molar-refractivity contribution in [3.63, 3.8) is 0 Å². The maximum absolute atomic E-state index is 12.9. The first-order chi connectivity index (χ1) is 10.7. The van der Waals surface area contributed by atoms with Crippen LogP contribution in [-0.2, 0) is 14.3 Å². The van der Waals surface area contributed by atoms with Crippen LogP contribution in [0.3, 0.4) is 0 Å². The van der Waals surface area contributed by atoms with Gasteiger partial charge in [-0.1, -0.05) is 24.3 Å². The smallest absolute Gasteiger partial charge is 0.348 e. The van der Waals surface area contributed by atoms with Crippen molar-refractivity contribution < 1.29 is 19.1 Å². The van der Waals surface area contributed by atoms with E-state index < -0.39 is 12.1 Å². The molecule has 5 nitrogen and oxygen atoms in total. The van der Waals surface area contributed by atoms with Crippen LogP contribution in [0.1, 0.15) is 19.3 Å². The van der Waals surface area contributed by atoms with E-state index in [0.29, 0.717) is 5.75 Å². The molecule has 1 aromatic carbocycles. The molecule has 0 aromatic heterocycles. The summed E-state index contributed by atoms with van der Waals surface area (Å²) in [7, 11) is 1.32. The van der Waals surface area contributed by atoms with Crippen molar-refractivity contribution in [2.45, 2.75) is 25.4 Å². The number of hydrogen-bond donors (Lipinski definition) is 0. The zero-order chi connectivity index (χ0) is 15.5. The molecular weight excluding hydrogens is 282 g/mol. The third-order valence-electron chi connectivity index (χ3n) is 4.12. The number of amides is 1. The van der Waals surface area contributed by atoms with Gasteiger partial charge in [0.25, 0.3) is 0 Å². The molecule has 0 N–H and O–H groups in total. The van der Waals surface area contributed by atoms with Gasteiger partial charge >= 0.3 is 5.97 Å². The van der Waals surface area contributed by atoms with E-state index >= 15 is 0 Å². The summed E-state index contributed by atoms with van der Waals surface area (Å²) in [5.41, 5.74) is 0.724. The van der Waals surface area contributed by atoms with Crippen molar-refractivity contribution in [3.8, 4) is 5.75 Å². The number of esters is 1. The summed E-state index contributed by atoms with van der Waals surface area (Å²) in [6, 6.07) is 7.30. The number of anilines is 1. The summed E-state index contributed by atoms with van der Waals surface area (Å²) in [6.45, 7) is 0.197. The van der Waals surface area contributed by atoms with E-state index in [-0.39, 0.29) is 18.4 Å². The quantitative estimate of drug-likeness (QED) is 0.621. The highest BCUT2D eigenvalue weighted by Crippen LogP contribution is 2.35. The predicted molar refractivity (Wildman–Crippen MR) is 81.7 cm³/mol. The molecule has 2 aliphatic rings. The van der Waals surface area contributed by atoms with Crippen molar-refractivity contribution in [1.82, 2.24) is 0 Å². The van der Waals surface area contributed by atoms with E-state index in [2.05, 4.69) is 12.2 Å². The Morgan fingerprint density at radius 3 is 2.82 bits per heavy atom. The van der Waals surface area contributed by atoms with Gasteiger partial charge in [0.2, 0.25) is 12.0 Å². The maximum Gasteiger partial charge on any atom is 0.348 e. The summed E-state index contributed by atoms with van der Waals surface area (Å²) in [5.74, 6) is 0.100. The fourth-order valence-corrected chi connectivity index (χ4v) is 2.94. The Kier molecular flexibility index (Phi) is 4.13. The first-order valence-corrected chi connectivity index (χ1v) is 7.50. The number of rotatable bonds is 2. The summed E-state index contributed by atoms with van der Waals surface area (Å²) in [6.07, 6.45) is 5.90. The van der Waals surface area contributed by atoms with Crippen LogP contribution in [0.4, 0.5) is 5.69 Å². The molecule has 1 aliphatic heterocycles. The molecular formula is C17H19NO4. The number of ether oxygens (including phenoxy) is 2. The molecule has 1 aromatic rings. The molecule has 2 atom stereocenters. The fourth-order valence-electron chi connectivity index (χ4n) is 2.94. The minimum absolute atomic E-state index is 0.0329. The molecule has 0 fully saturated rings. The molecule has 1 aliphatic carbocycles. The van der Waals surface area contributed by atoms with Crippen LogP contribution in [-0.4, -0.2) is 31.6 Å². The monoisotopic (exact) mass is 301 g/mol. The SMILES string of the molecule is COC(=O)[C@@H]1CN(C(=O)[C@@H]2CC=CCC2)c2ccccc2O1. The summed E-state index contributed by atoms with van der Waals surface area (Å²) < 4.78 is 10.4. The van der Waals surface area contributed by atoms with Crippen LogP contribution in [0.2, 0.25) is 0 Å². The van der Waals surface area contributed by atoms with E-state index in [0.717, 1.165) is 24.9 Å². The van der Waals surface area contributed by atoms with E-state index in [1.807, 2.05) is 18.2 Å². The average Bonchev–Trinajstić information content (AvgIpc) is 2.60. The Labute approximate surface area is 129 Å². The van der Waals surface area contributed by atoms with Crippen molar-refractivity contribution in [3.05, 3.63) is 36.4 Å². The molecule has 0 radical (unpaired) electrons. The molecule has 0 bridgehead atoms. The van der Waals surface area contributed by atoms with Gasteiger partial charge in [-0.15, -0.1) is 0 Å². The Morgan fingerprint density at radius 1 is 1.27 bits per heavy atom. The summed E-state index contributed by atoms with van der Waals surface area (Å²) >= 11 is 0.